The number of ether oxygens (including phenoxy) is 1. The van der Waals surface area contributed by atoms with Crippen molar-refractivity contribution in [1.82, 2.24) is 0 Å². The molecule has 0 aliphatic carbocycles. The summed E-state index contributed by atoms with van der Waals surface area (Å²) in [7, 11) is 0. The van der Waals surface area contributed by atoms with Gasteiger partial charge in [-0.2, -0.15) is 0 Å². The summed E-state index contributed by atoms with van der Waals surface area (Å²) in [4.78, 5) is 10.8. The Labute approximate surface area is 87.3 Å². The van der Waals surface area contributed by atoms with Crippen molar-refractivity contribution in [1.29, 1.82) is 0 Å². The standard InChI is InChI=1S/C12H22O2/c1-6-10(2)8-7-9-12(4,5)14-11(3)13/h6H,7-9H2,1-5H3/b10-6+. The van der Waals surface area contributed by atoms with Crippen molar-refractivity contribution < 1.29 is 9.53 Å². The number of allylic oxidation sites excluding steroid dienone is 2. The topological polar surface area (TPSA) is 26.3 Å². The fourth-order valence-corrected chi connectivity index (χ4v) is 1.38. The summed E-state index contributed by atoms with van der Waals surface area (Å²) in [5.41, 5.74) is 1.07. The van der Waals surface area contributed by atoms with Gasteiger partial charge in [-0.1, -0.05) is 11.6 Å². The van der Waals surface area contributed by atoms with Crippen LogP contribution in [-0.4, -0.2) is 11.6 Å². The molecule has 0 aromatic carbocycles. The highest BCUT2D eigenvalue weighted by Gasteiger charge is 2.20. The van der Waals surface area contributed by atoms with Crippen LogP contribution in [0.1, 0.15) is 53.9 Å². The maximum atomic E-state index is 10.8. The minimum Gasteiger partial charge on any atom is -0.460 e. The van der Waals surface area contributed by atoms with E-state index in [0.29, 0.717) is 0 Å². The molecule has 0 bridgehead atoms. The first-order chi connectivity index (χ1) is 6.37. The molecule has 0 saturated heterocycles. The van der Waals surface area contributed by atoms with Crippen molar-refractivity contribution in [3.8, 4) is 0 Å². The number of esters is 1. The molecule has 0 radical (unpaired) electrons. The second-order valence-electron chi connectivity index (χ2n) is 4.34. The zero-order valence-corrected chi connectivity index (χ0v) is 10.0. The molecule has 0 unspecified atom stereocenters. The molecule has 0 aromatic heterocycles. The number of carbonyl (C=O) groups excluding carboxylic acids is 1. The second kappa shape index (κ2) is 5.84. The van der Waals surface area contributed by atoms with Gasteiger partial charge in [0.15, 0.2) is 0 Å². The Bertz CT molecular complexity index is 214. The normalized spacial score (nSPS) is 12.8. The van der Waals surface area contributed by atoms with Gasteiger partial charge in [-0.05, 0) is 47.0 Å². The molecule has 0 fully saturated rings. The summed E-state index contributed by atoms with van der Waals surface area (Å²) in [6.07, 6.45) is 5.19. The molecule has 0 saturated carbocycles. The Morgan fingerprint density at radius 3 is 2.36 bits per heavy atom. The Morgan fingerprint density at radius 1 is 1.36 bits per heavy atom. The van der Waals surface area contributed by atoms with Crippen molar-refractivity contribution in [3.05, 3.63) is 11.6 Å². The minimum absolute atomic E-state index is 0.197. The molecular formula is C12H22O2. The molecule has 0 aliphatic rings. The first kappa shape index (κ1) is 13.2. The lowest BCUT2D eigenvalue weighted by molar-refractivity contribution is -0.154. The fraction of sp³-hybridized carbons (Fsp3) is 0.750. The van der Waals surface area contributed by atoms with Crippen LogP contribution in [0.4, 0.5) is 0 Å². The Balaban J connectivity index is 3.82. The molecule has 0 spiro atoms. The van der Waals surface area contributed by atoms with E-state index in [2.05, 4.69) is 13.0 Å². The van der Waals surface area contributed by atoms with Crippen LogP contribution in [0.15, 0.2) is 11.6 Å². The maximum Gasteiger partial charge on any atom is 0.303 e. The van der Waals surface area contributed by atoms with Crippen LogP contribution in [0.2, 0.25) is 0 Å². The van der Waals surface area contributed by atoms with Gasteiger partial charge in [-0.25, -0.2) is 0 Å². The molecule has 0 N–H and O–H groups in total. The van der Waals surface area contributed by atoms with Crippen LogP contribution in [0.25, 0.3) is 0 Å². The van der Waals surface area contributed by atoms with E-state index in [4.69, 9.17) is 4.74 Å². The molecule has 82 valence electrons. The molecular weight excluding hydrogens is 176 g/mol. The molecule has 0 atom stereocenters. The third-order valence-electron chi connectivity index (χ3n) is 2.26. The zero-order valence-electron chi connectivity index (χ0n) is 10.0. The van der Waals surface area contributed by atoms with Gasteiger partial charge < -0.3 is 4.74 Å². The highest BCUT2D eigenvalue weighted by molar-refractivity contribution is 5.66. The fourth-order valence-electron chi connectivity index (χ4n) is 1.38. The first-order valence-electron chi connectivity index (χ1n) is 5.19. The number of hydrogen-bond acceptors (Lipinski definition) is 2. The highest BCUT2D eigenvalue weighted by Crippen LogP contribution is 2.19. The summed E-state index contributed by atoms with van der Waals surface area (Å²) < 4.78 is 5.19. The number of carbonyl (C=O) groups is 1. The maximum absolute atomic E-state index is 10.8. The van der Waals surface area contributed by atoms with Gasteiger partial charge >= 0.3 is 5.97 Å². The molecule has 0 aromatic rings. The smallest absolute Gasteiger partial charge is 0.303 e. The molecule has 14 heavy (non-hydrogen) atoms. The molecule has 0 rings (SSSR count). The summed E-state index contributed by atoms with van der Waals surface area (Å²) in [6.45, 7) is 9.54. The van der Waals surface area contributed by atoms with E-state index >= 15 is 0 Å². The third kappa shape index (κ3) is 6.70. The van der Waals surface area contributed by atoms with Gasteiger partial charge in [0.05, 0.1) is 0 Å². The van der Waals surface area contributed by atoms with Crippen molar-refractivity contribution in [3.63, 3.8) is 0 Å². The lowest BCUT2D eigenvalue weighted by atomic mass is 9.99. The summed E-state index contributed by atoms with van der Waals surface area (Å²) in [5.74, 6) is -0.197. The zero-order chi connectivity index (χ0) is 11.2. The van der Waals surface area contributed by atoms with Crippen LogP contribution in [-0.2, 0) is 9.53 Å². The van der Waals surface area contributed by atoms with E-state index in [9.17, 15) is 4.79 Å². The van der Waals surface area contributed by atoms with Crippen molar-refractivity contribution in [2.24, 2.45) is 0 Å². The Kier molecular flexibility index (Phi) is 5.51. The third-order valence-corrected chi connectivity index (χ3v) is 2.26. The largest absolute Gasteiger partial charge is 0.460 e. The molecule has 0 amide bonds. The molecule has 0 aliphatic heterocycles. The van der Waals surface area contributed by atoms with Crippen molar-refractivity contribution >= 4 is 5.97 Å². The van der Waals surface area contributed by atoms with Gasteiger partial charge in [-0.15, -0.1) is 0 Å². The molecule has 2 heteroatoms. The molecule has 0 heterocycles. The van der Waals surface area contributed by atoms with Crippen LogP contribution in [0.3, 0.4) is 0 Å². The average molecular weight is 198 g/mol. The van der Waals surface area contributed by atoms with E-state index in [-0.39, 0.29) is 11.6 Å². The highest BCUT2D eigenvalue weighted by atomic mass is 16.6. The number of rotatable bonds is 5. The van der Waals surface area contributed by atoms with Crippen molar-refractivity contribution in [2.75, 3.05) is 0 Å². The van der Waals surface area contributed by atoms with E-state index < -0.39 is 0 Å². The van der Waals surface area contributed by atoms with Gasteiger partial charge in [0, 0.05) is 6.92 Å². The van der Waals surface area contributed by atoms with Crippen LogP contribution >= 0.6 is 0 Å². The van der Waals surface area contributed by atoms with Crippen LogP contribution in [0, 0.1) is 0 Å². The summed E-state index contributed by atoms with van der Waals surface area (Å²) in [5, 5.41) is 0. The van der Waals surface area contributed by atoms with Gasteiger partial charge in [-0.3, -0.25) is 4.79 Å². The first-order valence-corrected chi connectivity index (χ1v) is 5.19. The minimum atomic E-state index is -0.320. The average Bonchev–Trinajstić information content (AvgIpc) is 2.01. The van der Waals surface area contributed by atoms with E-state index in [1.807, 2.05) is 20.8 Å². The second-order valence-corrected chi connectivity index (χ2v) is 4.34. The van der Waals surface area contributed by atoms with Crippen LogP contribution in [0.5, 0.6) is 0 Å². The van der Waals surface area contributed by atoms with E-state index in [0.717, 1.165) is 19.3 Å². The Morgan fingerprint density at radius 2 is 1.93 bits per heavy atom. The quantitative estimate of drug-likeness (QED) is 0.499. The predicted octanol–water partition coefficient (Wildman–Crippen LogP) is 3.46. The monoisotopic (exact) mass is 198 g/mol. The van der Waals surface area contributed by atoms with Gasteiger partial charge in [0.1, 0.15) is 5.60 Å². The summed E-state index contributed by atoms with van der Waals surface area (Å²) >= 11 is 0. The SMILES string of the molecule is C/C=C(\C)CCCC(C)(C)OC(C)=O. The van der Waals surface area contributed by atoms with Crippen LogP contribution < -0.4 is 0 Å². The van der Waals surface area contributed by atoms with E-state index in [1.54, 1.807) is 0 Å². The predicted molar refractivity (Wildman–Crippen MR) is 59.1 cm³/mol. The summed E-state index contributed by atoms with van der Waals surface area (Å²) in [6, 6.07) is 0. The van der Waals surface area contributed by atoms with E-state index in [1.165, 1.54) is 12.5 Å². The lowest BCUT2D eigenvalue weighted by Crippen LogP contribution is -2.26. The van der Waals surface area contributed by atoms with Crippen molar-refractivity contribution in [2.45, 2.75) is 59.5 Å². The molecule has 2 nitrogen and oxygen atoms in total. The Hall–Kier alpha value is -0.790. The lowest BCUT2D eigenvalue weighted by Gasteiger charge is -2.24. The van der Waals surface area contributed by atoms with Gasteiger partial charge in [0.25, 0.3) is 0 Å². The number of hydrogen-bond donors (Lipinski definition) is 0. The van der Waals surface area contributed by atoms with Gasteiger partial charge in [0.2, 0.25) is 0 Å².